The summed E-state index contributed by atoms with van der Waals surface area (Å²) < 4.78 is 12.7. The van der Waals surface area contributed by atoms with Gasteiger partial charge in [0.15, 0.2) is 0 Å². The van der Waals surface area contributed by atoms with Crippen molar-refractivity contribution in [1.29, 1.82) is 0 Å². The Morgan fingerprint density at radius 1 is 1.40 bits per heavy atom. The number of hydrogen-bond acceptors (Lipinski definition) is 5. The van der Waals surface area contributed by atoms with Crippen LogP contribution in [0.4, 0.5) is 0 Å². The Bertz CT molecular complexity index is 715. The average Bonchev–Trinajstić information content (AvgIpc) is 3.17. The summed E-state index contributed by atoms with van der Waals surface area (Å²) in [6.45, 7) is 4.01. The molecule has 134 valence electrons. The van der Waals surface area contributed by atoms with E-state index in [1.807, 2.05) is 38.1 Å². The zero-order valence-electron chi connectivity index (χ0n) is 14.1. The van der Waals surface area contributed by atoms with Gasteiger partial charge < -0.3 is 19.4 Å². The van der Waals surface area contributed by atoms with E-state index >= 15 is 0 Å². The highest BCUT2D eigenvalue weighted by Crippen LogP contribution is 2.63. The molecule has 0 aromatic heterocycles. The van der Waals surface area contributed by atoms with Crippen molar-refractivity contribution >= 4 is 34.8 Å². The normalized spacial score (nSPS) is 38.9. The summed E-state index contributed by atoms with van der Waals surface area (Å²) in [7, 11) is 0. The van der Waals surface area contributed by atoms with Crippen molar-refractivity contribution in [1.82, 2.24) is 0 Å². The Kier molecular flexibility index (Phi) is 4.01. The fourth-order valence-corrected chi connectivity index (χ4v) is 5.29. The van der Waals surface area contributed by atoms with Gasteiger partial charge in [-0.05, 0) is 60.6 Å². The third-order valence-corrected chi connectivity index (χ3v) is 7.06. The maximum atomic E-state index is 12.3. The van der Waals surface area contributed by atoms with Crippen LogP contribution < -0.4 is 0 Å². The molecule has 5 nitrogen and oxygen atoms in total. The van der Waals surface area contributed by atoms with E-state index in [1.165, 1.54) is 0 Å². The predicted molar refractivity (Wildman–Crippen MR) is 97.6 cm³/mol. The molecule has 1 aliphatic heterocycles. The van der Waals surface area contributed by atoms with Crippen LogP contribution in [0.25, 0.3) is 0 Å². The molecule has 6 atom stereocenters. The summed E-state index contributed by atoms with van der Waals surface area (Å²) in [4.78, 5) is 24.4. The number of carbonyl (C=O) groups excluding carboxylic acids is 2. The minimum absolute atomic E-state index is 0.0669. The SMILES string of the molecule is CC(C)(OCC1(C=O)C2CC3C(OC(=O)C31)C2O)c1ccc(I)cc1. The van der Waals surface area contributed by atoms with Crippen LogP contribution in [0.1, 0.15) is 25.8 Å². The number of aliphatic hydroxyl groups excluding tert-OH is 1. The minimum atomic E-state index is -0.991. The van der Waals surface area contributed by atoms with E-state index in [0.29, 0.717) is 6.42 Å². The van der Waals surface area contributed by atoms with Crippen LogP contribution in [0, 0.1) is 26.7 Å². The standard InChI is InChI=1S/C19H21IO5/c1-18(2,10-3-5-11(20)6-4-10)24-9-19(8-21)13-7-12-14(19)17(23)25-16(12)15(13)22/h3-6,8,12-16,22H,7,9H2,1-2H3. The van der Waals surface area contributed by atoms with Crippen molar-refractivity contribution in [2.24, 2.45) is 23.2 Å². The van der Waals surface area contributed by atoms with Gasteiger partial charge in [0.05, 0.1) is 29.6 Å². The molecule has 2 bridgehead atoms. The molecule has 6 heteroatoms. The molecule has 3 aliphatic rings. The molecule has 0 amide bonds. The van der Waals surface area contributed by atoms with Gasteiger partial charge in [-0.15, -0.1) is 0 Å². The van der Waals surface area contributed by atoms with E-state index in [-0.39, 0.29) is 24.4 Å². The van der Waals surface area contributed by atoms with Crippen molar-refractivity contribution in [3.05, 3.63) is 33.4 Å². The third kappa shape index (κ3) is 2.40. The van der Waals surface area contributed by atoms with Crippen LogP contribution >= 0.6 is 22.6 Å². The highest BCUT2D eigenvalue weighted by Gasteiger charge is 2.73. The van der Waals surface area contributed by atoms with Crippen LogP contribution in [0.15, 0.2) is 24.3 Å². The zero-order chi connectivity index (χ0) is 18.0. The monoisotopic (exact) mass is 456 g/mol. The molecular weight excluding hydrogens is 435 g/mol. The number of aliphatic hydroxyl groups is 1. The van der Waals surface area contributed by atoms with Crippen molar-refractivity contribution in [3.63, 3.8) is 0 Å². The highest BCUT2D eigenvalue weighted by molar-refractivity contribution is 14.1. The lowest BCUT2D eigenvalue weighted by atomic mass is 9.67. The van der Waals surface area contributed by atoms with Crippen LogP contribution in [0.2, 0.25) is 0 Å². The molecule has 1 saturated heterocycles. The molecule has 0 spiro atoms. The quantitative estimate of drug-likeness (QED) is 0.418. The van der Waals surface area contributed by atoms with Gasteiger partial charge in [-0.1, -0.05) is 12.1 Å². The Morgan fingerprint density at radius 2 is 2.08 bits per heavy atom. The van der Waals surface area contributed by atoms with Crippen LogP contribution in [0.5, 0.6) is 0 Å². The summed E-state index contributed by atoms with van der Waals surface area (Å²) >= 11 is 2.25. The first-order chi connectivity index (χ1) is 11.8. The minimum Gasteiger partial charge on any atom is -0.459 e. The topological polar surface area (TPSA) is 72.8 Å². The maximum absolute atomic E-state index is 12.3. The van der Waals surface area contributed by atoms with Gasteiger partial charge in [-0.25, -0.2) is 0 Å². The van der Waals surface area contributed by atoms with Crippen molar-refractivity contribution in [2.45, 2.75) is 38.1 Å². The molecule has 1 heterocycles. The number of aldehydes is 1. The lowest BCUT2D eigenvalue weighted by Crippen LogP contribution is -2.50. The summed E-state index contributed by atoms with van der Waals surface area (Å²) in [5, 5.41) is 10.5. The smallest absolute Gasteiger partial charge is 0.310 e. The molecule has 6 unspecified atom stereocenters. The first-order valence-electron chi connectivity index (χ1n) is 8.55. The van der Waals surface area contributed by atoms with Crippen LogP contribution in [-0.4, -0.2) is 36.2 Å². The number of halogens is 1. The van der Waals surface area contributed by atoms with E-state index in [9.17, 15) is 14.7 Å². The fourth-order valence-electron chi connectivity index (χ4n) is 4.93. The van der Waals surface area contributed by atoms with Gasteiger partial charge in [0.2, 0.25) is 0 Å². The molecule has 2 aliphatic carbocycles. The Hall–Kier alpha value is -0.990. The highest BCUT2D eigenvalue weighted by atomic mass is 127. The first-order valence-corrected chi connectivity index (χ1v) is 9.63. The molecule has 1 aromatic rings. The number of ether oxygens (including phenoxy) is 2. The summed E-state index contributed by atoms with van der Waals surface area (Å²) in [5.41, 5.74) is -0.589. The predicted octanol–water partition coefficient (Wildman–Crippen LogP) is 2.28. The molecule has 25 heavy (non-hydrogen) atoms. The number of fused-ring (bicyclic) bond motifs is 1. The largest absolute Gasteiger partial charge is 0.459 e. The average molecular weight is 456 g/mol. The van der Waals surface area contributed by atoms with E-state index in [0.717, 1.165) is 15.4 Å². The van der Waals surface area contributed by atoms with Gasteiger partial charge in [-0.2, -0.15) is 0 Å². The maximum Gasteiger partial charge on any atom is 0.310 e. The zero-order valence-corrected chi connectivity index (χ0v) is 16.3. The Morgan fingerprint density at radius 3 is 2.72 bits per heavy atom. The van der Waals surface area contributed by atoms with Crippen LogP contribution in [0.3, 0.4) is 0 Å². The number of carbonyl (C=O) groups is 2. The molecule has 3 fully saturated rings. The number of rotatable bonds is 5. The van der Waals surface area contributed by atoms with E-state index < -0.39 is 29.1 Å². The van der Waals surface area contributed by atoms with E-state index in [4.69, 9.17) is 9.47 Å². The molecule has 1 aromatic carbocycles. The third-order valence-electron chi connectivity index (χ3n) is 6.34. The molecular formula is C19H21IO5. The summed E-state index contributed by atoms with van der Waals surface area (Å²) in [6.07, 6.45) is 0.259. The van der Waals surface area contributed by atoms with Crippen LogP contribution in [-0.2, 0) is 24.7 Å². The van der Waals surface area contributed by atoms with Crippen molar-refractivity contribution in [2.75, 3.05) is 6.61 Å². The Balaban J connectivity index is 1.59. The van der Waals surface area contributed by atoms with Gasteiger partial charge in [0.1, 0.15) is 12.4 Å². The molecule has 4 rings (SSSR count). The Labute approximate surface area is 160 Å². The fraction of sp³-hybridized carbons (Fsp3) is 0.579. The second-order valence-corrected chi connectivity index (χ2v) is 9.16. The second kappa shape index (κ2) is 5.76. The lowest BCUT2D eigenvalue weighted by molar-refractivity contribution is -0.152. The second-order valence-electron chi connectivity index (χ2n) is 7.91. The van der Waals surface area contributed by atoms with Gasteiger partial charge in [0.25, 0.3) is 0 Å². The molecule has 2 saturated carbocycles. The van der Waals surface area contributed by atoms with Gasteiger partial charge >= 0.3 is 5.97 Å². The van der Waals surface area contributed by atoms with Crippen molar-refractivity contribution in [3.8, 4) is 0 Å². The van der Waals surface area contributed by atoms with Gasteiger partial charge in [-0.3, -0.25) is 4.79 Å². The number of benzene rings is 1. The summed E-state index contributed by atoms with van der Waals surface area (Å²) in [5.74, 6) is -1.19. The van der Waals surface area contributed by atoms with E-state index in [2.05, 4.69) is 22.6 Å². The summed E-state index contributed by atoms with van der Waals surface area (Å²) in [6, 6.07) is 8.03. The number of esters is 1. The van der Waals surface area contributed by atoms with E-state index in [1.54, 1.807) is 0 Å². The van der Waals surface area contributed by atoms with Crippen molar-refractivity contribution < 1.29 is 24.2 Å². The molecule has 1 N–H and O–H groups in total. The van der Waals surface area contributed by atoms with Gasteiger partial charge in [0, 0.05) is 15.4 Å². The first kappa shape index (κ1) is 17.4. The lowest BCUT2D eigenvalue weighted by Gasteiger charge is -2.39. The number of hydrogen-bond donors (Lipinski definition) is 1. The molecule has 0 radical (unpaired) electrons.